The third-order valence-corrected chi connectivity index (χ3v) is 7.80. The number of rotatable bonds is 7. The molecular formula is C24H21BrN4O5S. The second-order valence-corrected chi connectivity index (χ2v) is 10.7. The van der Waals surface area contributed by atoms with Gasteiger partial charge in [0.15, 0.2) is 0 Å². The minimum atomic E-state index is -4.14. The van der Waals surface area contributed by atoms with Gasteiger partial charge in [-0.3, -0.25) is 19.4 Å². The Bertz CT molecular complexity index is 1360. The van der Waals surface area contributed by atoms with Gasteiger partial charge in [0.05, 0.1) is 17.0 Å². The Morgan fingerprint density at radius 2 is 1.80 bits per heavy atom. The van der Waals surface area contributed by atoms with Gasteiger partial charge in [0.1, 0.15) is 6.04 Å². The molecule has 2 heterocycles. The van der Waals surface area contributed by atoms with E-state index in [4.69, 9.17) is 0 Å². The number of hydrogen-bond acceptors (Lipinski definition) is 6. The maximum Gasteiger partial charge on any atom is 0.252 e. The average molecular weight is 557 g/mol. The van der Waals surface area contributed by atoms with E-state index in [1.54, 1.807) is 42.6 Å². The van der Waals surface area contributed by atoms with Crippen LogP contribution in [-0.2, 0) is 31.0 Å². The van der Waals surface area contributed by atoms with Crippen molar-refractivity contribution in [1.29, 1.82) is 0 Å². The number of pyridine rings is 1. The highest BCUT2D eigenvalue weighted by Gasteiger charge is 2.47. The summed E-state index contributed by atoms with van der Waals surface area (Å²) in [4.78, 5) is 42.6. The molecule has 1 aliphatic heterocycles. The zero-order valence-corrected chi connectivity index (χ0v) is 21.0. The number of anilines is 2. The smallest absolute Gasteiger partial charge is 0.252 e. The first-order valence-corrected chi connectivity index (χ1v) is 12.8. The van der Waals surface area contributed by atoms with Crippen LogP contribution in [0.1, 0.15) is 18.9 Å². The van der Waals surface area contributed by atoms with Crippen LogP contribution in [0.3, 0.4) is 0 Å². The van der Waals surface area contributed by atoms with Crippen molar-refractivity contribution in [2.45, 2.75) is 30.8 Å². The number of carbonyl (C=O) groups excluding carboxylic acids is 3. The van der Waals surface area contributed by atoms with Gasteiger partial charge in [-0.15, -0.1) is 0 Å². The van der Waals surface area contributed by atoms with Gasteiger partial charge in [0, 0.05) is 36.0 Å². The van der Waals surface area contributed by atoms with Crippen molar-refractivity contribution in [3.63, 3.8) is 0 Å². The molecular weight excluding hydrogens is 536 g/mol. The molecule has 1 aliphatic rings. The Morgan fingerprint density at radius 1 is 1.11 bits per heavy atom. The quantitative estimate of drug-likeness (QED) is 0.446. The van der Waals surface area contributed by atoms with Crippen molar-refractivity contribution in [1.82, 2.24) is 9.29 Å². The molecule has 0 bridgehead atoms. The van der Waals surface area contributed by atoms with Gasteiger partial charge in [-0.25, -0.2) is 13.3 Å². The summed E-state index contributed by atoms with van der Waals surface area (Å²) in [6, 6.07) is 14.4. The van der Waals surface area contributed by atoms with E-state index in [1.807, 2.05) is 0 Å². The molecule has 3 amide bonds. The molecule has 9 nitrogen and oxygen atoms in total. The molecule has 1 unspecified atom stereocenters. The molecule has 1 N–H and O–H groups in total. The Hall–Kier alpha value is -3.41. The number of sulfonamides is 1. The Labute approximate surface area is 210 Å². The molecule has 180 valence electrons. The second-order valence-electron chi connectivity index (χ2n) is 7.88. The van der Waals surface area contributed by atoms with Crippen LogP contribution in [0.5, 0.6) is 0 Å². The minimum Gasteiger partial charge on any atom is -0.326 e. The first-order chi connectivity index (χ1) is 16.7. The van der Waals surface area contributed by atoms with Crippen molar-refractivity contribution < 1.29 is 22.8 Å². The van der Waals surface area contributed by atoms with Gasteiger partial charge in [0.25, 0.3) is 5.91 Å². The molecule has 1 aromatic heterocycles. The van der Waals surface area contributed by atoms with E-state index in [-0.39, 0.29) is 23.8 Å². The molecule has 1 fully saturated rings. The molecule has 11 heteroatoms. The summed E-state index contributed by atoms with van der Waals surface area (Å²) in [5.74, 6) is -1.42. The van der Waals surface area contributed by atoms with Crippen LogP contribution < -0.4 is 10.2 Å². The van der Waals surface area contributed by atoms with Gasteiger partial charge in [0.2, 0.25) is 21.8 Å². The van der Waals surface area contributed by atoms with E-state index < -0.39 is 27.9 Å². The fourth-order valence-electron chi connectivity index (χ4n) is 3.79. The van der Waals surface area contributed by atoms with Gasteiger partial charge in [-0.2, -0.15) is 4.31 Å². The molecule has 0 radical (unpaired) electrons. The van der Waals surface area contributed by atoms with Crippen molar-refractivity contribution in [2.24, 2.45) is 0 Å². The lowest BCUT2D eigenvalue weighted by Gasteiger charge is -2.27. The zero-order valence-electron chi connectivity index (χ0n) is 18.6. The van der Waals surface area contributed by atoms with Crippen LogP contribution in [0, 0.1) is 0 Å². The van der Waals surface area contributed by atoms with E-state index in [2.05, 4.69) is 26.2 Å². The van der Waals surface area contributed by atoms with E-state index in [1.165, 1.54) is 37.4 Å². The summed E-state index contributed by atoms with van der Waals surface area (Å²) in [6.07, 6.45) is 2.78. The fraction of sp³-hybridized carbons (Fsp3) is 0.167. The molecule has 3 aromatic rings. The minimum absolute atomic E-state index is 0.00273. The summed E-state index contributed by atoms with van der Waals surface area (Å²) in [7, 11) is -4.14. The highest BCUT2D eigenvalue weighted by atomic mass is 79.9. The fourth-order valence-corrected chi connectivity index (χ4v) is 5.62. The number of hydrogen-bond donors (Lipinski definition) is 1. The normalized spacial score (nSPS) is 16.1. The van der Waals surface area contributed by atoms with Crippen molar-refractivity contribution in [3.8, 4) is 0 Å². The molecule has 4 rings (SSSR count). The molecule has 2 aromatic carbocycles. The summed E-state index contributed by atoms with van der Waals surface area (Å²) in [6.45, 7) is 1.24. The highest BCUT2D eigenvalue weighted by molar-refractivity contribution is 9.10. The van der Waals surface area contributed by atoms with E-state index >= 15 is 0 Å². The van der Waals surface area contributed by atoms with E-state index in [0.29, 0.717) is 21.4 Å². The second kappa shape index (κ2) is 10.1. The lowest BCUT2D eigenvalue weighted by atomic mass is 10.2. The van der Waals surface area contributed by atoms with Crippen LogP contribution >= 0.6 is 15.9 Å². The maximum absolute atomic E-state index is 13.6. The van der Waals surface area contributed by atoms with Gasteiger partial charge in [-0.1, -0.05) is 22.0 Å². The van der Waals surface area contributed by atoms with Gasteiger partial charge in [-0.05, 0) is 60.2 Å². The number of halogens is 1. The predicted molar refractivity (Wildman–Crippen MR) is 133 cm³/mol. The number of imide groups is 1. The van der Waals surface area contributed by atoms with Gasteiger partial charge < -0.3 is 5.32 Å². The first kappa shape index (κ1) is 24.7. The van der Waals surface area contributed by atoms with Crippen LogP contribution in [0.15, 0.2) is 82.4 Å². The van der Waals surface area contributed by atoms with Crippen LogP contribution in [0.4, 0.5) is 11.4 Å². The average Bonchev–Trinajstić information content (AvgIpc) is 3.12. The number of nitrogens with zero attached hydrogens (tertiary/aromatic N) is 3. The lowest BCUT2D eigenvalue weighted by molar-refractivity contribution is -0.122. The Balaban J connectivity index is 1.69. The van der Waals surface area contributed by atoms with E-state index in [0.717, 1.165) is 9.21 Å². The third kappa shape index (κ3) is 5.31. The van der Waals surface area contributed by atoms with Crippen molar-refractivity contribution in [2.75, 3.05) is 10.2 Å². The molecule has 0 aliphatic carbocycles. The third-order valence-electron chi connectivity index (χ3n) is 5.40. The van der Waals surface area contributed by atoms with Gasteiger partial charge >= 0.3 is 0 Å². The standard InChI is InChI=1S/C24H21BrN4O5S/c1-16(30)27-19-6-8-20(9-7-19)29-23(31)13-22(24(29)32)28(15-17-3-2-12-26-14-17)35(33,34)21-10-4-18(25)5-11-21/h2-12,14,22H,13,15H2,1H3,(H,27,30). The predicted octanol–water partition coefficient (Wildman–Crippen LogP) is 3.33. The number of nitrogens with one attached hydrogen (secondary N) is 1. The molecule has 0 spiro atoms. The van der Waals surface area contributed by atoms with Crippen molar-refractivity contribution >= 4 is 55.0 Å². The molecule has 1 saturated heterocycles. The van der Waals surface area contributed by atoms with Crippen molar-refractivity contribution in [3.05, 3.63) is 83.1 Å². The molecule has 35 heavy (non-hydrogen) atoms. The van der Waals surface area contributed by atoms with Crippen LogP contribution in [0.25, 0.3) is 0 Å². The Kier molecular flexibility index (Phi) is 7.10. The van der Waals surface area contributed by atoms with Crippen LogP contribution in [-0.4, -0.2) is 41.5 Å². The molecule has 0 saturated carbocycles. The summed E-state index contributed by atoms with van der Waals surface area (Å²) >= 11 is 3.29. The summed E-state index contributed by atoms with van der Waals surface area (Å²) in [5, 5.41) is 2.62. The first-order valence-electron chi connectivity index (χ1n) is 10.6. The number of amides is 3. The largest absolute Gasteiger partial charge is 0.326 e. The van der Waals surface area contributed by atoms with Crippen LogP contribution in [0.2, 0.25) is 0 Å². The van der Waals surface area contributed by atoms with E-state index in [9.17, 15) is 22.8 Å². The Morgan fingerprint density at radius 3 is 2.40 bits per heavy atom. The summed E-state index contributed by atoms with van der Waals surface area (Å²) < 4.78 is 29.1. The topological polar surface area (TPSA) is 117 Å². The SMILES string of the molecule is CC(=O)Nc1ccc(N2C(=O)CC(N(Cc3cccnc3)S(=O)(=O)c3ccc(Br)cc3)C2=O)cc1. The number of benzene rings is 2. The summed E-state index contributed by atoms with van der Waals surface area (Å²) in [5.41, 5.74) is 1.37. The zero-order chi connectivity index (χ0) is 25.2. The maximum atomic E-state index is 13.6. The lowest BCUT2D eigenvalue weighted by Crippen LogP contribution is -2.45. The monoisotopic (exact) mass is 556 g/mol. The molecule has 1 atom stereocenters. The highest BCUT2D eigenvalue weighted by Crippen LogP contribution is 2.31. The number of carbonyl (C=O) groups is 3. The number of aromatic nitrogens is 1.